The average molecular weight is 291 g/mol. The van der Waals surface area contributed by atoms with Gasteiger partial charge in [-0.15, -0.1) is 0 Å². The maximum absolute atomic E-state index is 12.2. The minimum Gasteiger partial charge on any atom is -0.494 e. The Hall–Kier alpha value is -1.51. The molecule has 0 saturated carbocycles. The SMILES string of the molecule is CCCCOc1ccc(NC(=O)[C@@H](CC)CCCC)cc1. The highest BCUT2D eigenvalue weighted by atomic mass is 16.5. The molecule has 0 unspecified atom stereocenters. The number of carbonyl (C=O) groups excluding carboxylic acids is 1. The van der Waals surface area contributed by atoms with Crippen LogP contribution < -0.4 is 10.1 Å². The first-order valence-electron chi connectivity index (χ1n) is 8.24. The van der Waals surface area contributed by atoms with Crippen molar-refractivity contribution >= 4 is 11.6 Å². The maximum Gasteiger partial charge on any atom is 0.227 e. The molecule has 21 heavy (non-hydrogen) atoms. The van der Waals surface area contributed by atoms with Crippen LogP contribution in [-0.4, -0.2) is 12.5 Å². The van der Waals surface area contributed by atoms with Crippen LogP contribution in [0.25, 0.3) is 0 Å². The standard InChI is InChI=1S/C18H29NO2/c1-4-7-9-15(6-3)18(20)19-16-10-12-17(13-11-16)21-14-8-5-2/h10-13,15H,4-9,14H2,1-3H3,(H,19,20)/t15-/m0/s1. The molecular weight excluding hydrogens is 262 g/mol. The van der Waals surface area contributed by atoms with E-state index in [0.717, 1.165) is 56.6 Å². The number of hydrogen-bond acceptors (Lipinski definition) is 2. The molecule has 3 heteroatoms. The molecule has 0 aromatic heterocycles. The fraction of sp³-hybridized carbons (Fsp3) is 0.611. The third kappa shape index (κ3) is 6.65. The van der Waals surface area contributed by atoms with Gasteiger partial charge in [0, 0.05) is 11.6 Å². The molecule has 0 heterocycles. The van der Waals surface area contributed by atoms with Gasteiger partial charge in [0.05, 0.1) is 6.61 Å². The number of carbonyl (C=O) groups is 1. The number of hydrogen-bond donors (Lipinski definition) is 1. The fourth-order valence-electron chi connectivity index (χ4n) is 2.18. The van der Waals surface area contributed by atoms with E-state index in [1.807, 2.05) is 24.3 Å². The average Bonchev–Trinajstić information content (AvgIpc) is 2.50. The van der Waals surface area contributed by atoms with Crippen molar-refractivity contribution in [2.24, 2.45) is 5.92 Å². The second-order valence-corrected chi connectivity index (χ2v) is 5.46. The van der Waals surface area contributed by atoms with Gasteiger partial charge in [-0.1, -0.05) is 40.0 Å². The third-order valence-corrected chi connectivity index (χ3v) is 3.66. The van der Waals surface area contributed by atoms with Gasteiger partial charge in [0.2, 0.25) is 5.91 Å². The van der Waals surface area contributed by atoms with Crippen LogP contribution in [0.1, 0.15) is 59.3 Å². The summed E-state index contributed by atoms with van der Waals surface area (Å²) in [7, 11) is 0. The molecule has 0 radical (unpaired) electrons. The van der Waals surface area contributed by atoms with E-state index < -0.39 is 0 Å². The lowest BCUT2D eigenvalue weighted by atomic mass is 9.98. The van der Waals surface area contributed by atoms with Crippen molar-refractivity contribution in [2.45, 2.75) is 59.3 Å². The Bertz CT molecular complexity index is 400. The summed E-state index contributed by atoms with van der Waals surface area (Å²) in [6.45, 7) is 7.12. The van der Waals surface area contributed by atoms with E-state index in [1.54, 1.807) is 0 Å². The molecule has 0 bridgehead atoms. The first kappa shape index (κ1) is 17.5. The van der Waals surface area contributed by atoms with E-state index in [9.17, 15) is 4.79 Å². The molecule has 0 saturated heterocycles. The van der Waals surface area contributed by atoms with Crippen molar-refractivity contribution in [1.82, 2.24) is 0 Å². The van der Waals surface area contributed by atoms with Gasteiger partial charge in [0.15, 0.2) is 0 Å². The Morgan fingerprint density at radius 2 is 1.76 bits per heavy atom. The summed E-state index contributed by atoms with van der Waals surface area (Å²) in [6, 6.07) is 7.65. The van der Waals surface area contributed by atoms with Crippen LogP contribution in [0.2, 0.25) is 0 Å². The molecular formula is C18H29NO2. The largest absolute Gasteiger partial charge is 0.494 e. The molecule has 1 aromatic rings. The first-order valence-corrected chi connectivity index (χ1v) is 8.24. The molecule has 1 rings (SSSR count). The minimum atomic E-state index is 0.116. The zero-order valence-corrected chi connectivity index (χ0v) is 13.7. The van der Waals surface area contributed by atoms with Gasteiger partial charge in [-0.05, 0) is 43.5 Å². The van der Waals surface area contributed by atoms with Gasteiger partial charge in [0.1, 0.15) is 5.75 Å². The van der Waals surface area contributed by atoms with Gasteiger partial charge in [0.25, 0.3) is 0 Å². The van der Waals surface area contributed by atoms with Crippen LogP contribution in [0, 0.1) is 5.92 Å². The highest BCUT2D eigenvalue weighted by Gasteiger charge is 2.15. The molecule has 0 fully saturated rings. The quantitative estimate of drug-likeness (QED) is 0.615. The van der Waals surface area contributed by atoms with Crippen molar-refractivity contribution in [2.75, 3.05) is 11.9 Å². The molecule has 1 amide bonds. The Morgan fingerprint density at radius 1 is 1.10 bits per heavy atom. The summed E-state index contributed by atoms with van der Waals surface area (Å²) < 4.78 is 5.62. The van der Waals surface area contributed by atoms with Crippen LogP contribution in [0.3, 0.4) is 0 Å². The predicted octanol–water partition coefficient (Wildman–Crippen LogP) is 5.02. The zero-order valence-electron chi connectivity index (χ0n) is 13.7. The van der Waals surface area contributed by atoms with E-state index in [4.69, 9.17) is 4.74 Å². The Balaban J connectivity index is 2.48. The molecule has 1 aromatic carbocycles. The molecule has 0 spiro atoms. The molecule has 3 nitrogen and oxygen atoms in total. The summed E-state index contributed by atoms with van der Waals surface area (Å²) >= 11 is 0. The Labute approximate surface area is 129 Å². The Morgan fingerprint density at radius 3 is 2.33 bits per heavy atom. The lowest BCUT2D eigenvalue weighted by Crippen LogP contribution is -2.22. The van der Waals surface area contributed by atoms with Gasteiger partial charge < -0.3 is 10.1 Å². The monoisotopic (exact) mass is 291 g/mol. The number of nitrogens with one attached hydrogen (secondary N) is 1. The van der Waals surface area contributed by atoms with Crippen LogP contribution in [0.5, 0.6) is 5.75 Å². The van der Waals surface area contributed by atoms with Gasteiger partial charge in [-0.25, -0.2) is 0 Å². The van der Waals surface area contributed by atoms with E-state index in [0.29, 0.717) is 0 Å². The molecule has 0 aliphatic rings. The molecule has 118 valence electrons. The van der Waals surface area contributed by atoms with Crippen molar-refractivity contribution in [3.63, 3.8) is 0 Å². The second-order valence-electron chi connectivity index (χ2n) is 5.46. The fourth-order valence-corrected chi connectivity index (χ4v) is 2.18. The van der Waals surface area contributed by atoms with Crippen LogP contribution >= 0.6 is 0 Å². The van der Waals surface area contributed by atoms with Gasteiger partial charge in [-0.3, -0.25) is 4.79 Å². The lowest BCUT2D eigenvalue weighted by molar-refractivity contribution is -0.120. The summed E-state index contributed by atoms with van der Waals surface area (Å²) in [5.41, 5.74) is 0.845. The molecule has 1 atom stereocenters. The van der Waals surface area contributed by atoms with E-state index in [-0.39, 0.29) is 11.8 Å². The van der Waals surface area contributed by atoms with Crippen molar-refractivity contribution in [1.29, 1.82) is 0 Å². The number of ether oxygens (including phenoxy) is 1. The van der Waals surface area contributed by atoms with Gasteiger partial charge >= 0.3 is 0 Å². The van der Waals surface area contributed by atoms with E-state index in [2.05, 4.69) is 26.1 Å². The highest BCUT2D eigenvalue weighted by molar-refractivity contribution is 5.92. The topological polar surface area (TPSA) is 38.3 Å². The van der Waals surface area contributed by atoms with E-state index in [1.165, 1.54) is 0 Å². The van der Waals surface area contributed by atoms with Crippen LogP contribution in [-0.2, 0) is 4.79 Å². The number of rotatable bonds is 10. The third-order valence-electron chi connectivity index (χ3n) is 3.66. The lowest BCUT2D eigenvalue weighted by Gasteiger charge is -2.15. The second kappa shape index (κ2) is 10.3. The summed E-state index contributed by atoms with van der Waals surface area (Å²) in [4.78, 5) is 12.2. The molecule has 1 N–H and O–H groups in total. The smallest absolute Gasteiger partial charge is 0.227 e. The van der Waals surface area contributed by atoms with Crippen LogP contribution in [0.4, 0.5) is 5.69 Å². The predicted molar refractivity (Wildman–Crippen MR) is 88.8 cm³/mol. The summed E-state index contributed by atoms with van der Waals surface area (Å²) in [5, 5.41) is 3.00. The first-order chi connectivity index (χ1) is 10.2. The molecule has 0 aliphatic carbocycles. The van der Waals surface area contributed by atoms with Crippen molar-refractivity contribution in [3.8, 4) is 5.75 Å². The highest BCUT2D eigenvalue weighted by Crippen LogP contribution is 2.19. The van der Waals surface area contributed by atoms with Gasteiger partial charge in [-0.2, -0.15) is 0 Å². The summed E-state index contributed by atoms with van der Waals surface area (Å²) in [5.74, 6) is 1.11. The van der Waals surface area contributed by atoms with Crippen molar-refractivity contribution < 1.29 is 9.53 Å². The minimum absolute atomic E-state index is 0.116. The number of amides is 1. The maximum atomic E-state index is 12.2. The Kier molecular flexibility index (Phi) is 8.56. The molecule has 0 aliphatic heterocycles. The zero-order chi connectivity index (χ0) is 15.5. The van der Waals surface area contributed by atoms with Crippen molar-refractivity contribution in [3.05, 3.63) is 24.3 Å². The van der Waals surface area contributed by atoms with Crippen LogP contribution in [0.15, 0.2) is 24.3 Å². The number of unbranched alkanes of at least 4 members (excludes halogenated alkanes) is 2. The summed E-state index contributed by atoms with van der Waals surface area (Å²) in [6.07, 6.45) is 6.29. The normalized spacial score (nSPS) is 12.0. The number of anilines is 1. The van der Waals surface area contributed by atoms with E-state index >= 15 is 0 Å². The number of benzene rings is 1.